The molecule has 0 radical (unpaired) electrons. The van der Waals surface area contributed by atoms with Crippen molar-refractivity contribution in [2.45, 2.75) is 37.7 Å². The number of halogens is 1. The van der Waals surface area contributed by atoms with E-state index in [2.05, 4.69) is 13.8 Å². The van der Waals surface area contributed by atoms with E-state index >= 15 is 0 Å². The highest BCUT2D eigenvalue weighted by atomic mass is 35.5. The summed E-state index contributed by atoms with van der Waals surface area (Å²) in [6, 6.07) is 0. The maximum atomic E-state index is 6.29. The summed E-state index contributed by atoms with van der Waals surface area (Å²) >= 11 is 6.29. The first-order chi connectivity index (χ1) is 5.56. The minimum absolute atomic E-state index is 0.122. The second-order valence-corrected chi connectivity index (χ2v) is 5.82. The number of rotatable bonds is 0. The number of hydrogen-bond donors (Lipinski definition) is 0. The fourth-order valence-corrected chi connectivity index (χ4v) is 3.47. The molecule has 68 valence electrons. The molecule has 1 saturated heterocycles. The number of hydrogen-bond acceptors (Lipinski definition) is 1. The van der Waals surface area contributed by atoms with Gasteiger partial charge in [0.25, 0.3) is 0 Å². The Morgan fingerprint density at radius 2 is 2.00 bits per heavy atom. The number of fused-ring (bicyclic) bond motifs is 1. The Balaban J connectivity index is 1.84. The van der Waals surface area contributed by atoms with Gasteiger partial charge in [-0.25, -0.2) is 0 Å². The lowest BCUT2D eigenvalue weighted by molar-refractivity contribution is 0.233. The summed E-state index contributed by atoms with van der Waals surface area (Å²) in [4.78, 5) is 0. The molecule has 1 spiro atoms. The highest BCUT2D eigenvalue weighted by Gasteiger charge is 2.68. The largest absolute Gasteiger partial charge is 0.368 e. The van der Waals surface area contributed by atoms with Crippen molar-refractivity contribution in [3.05, 3.63) is 0 Å². The van der Waals surface area contributed by atoms with Crippen molar-refractivity contribution in [2.24, 2.45) is 17.3 Å². The van der Waals surface area contributed by atoms with E-state index < -0.39 is 0 Å². The van der Waals surface area contributed by atoms with Crippen LogP contribution in [0.4, 0.5) is 0 Å². The van der Waals surface area contributed by atoms with Gasteiger partial charge in [-0.15, -0.1) is 11.6 Å². The molecule has 12 heavy (non-hydrogen) atoms. The molecule has 3 aliphatic rings. The van der Waals surface area contributed by atoms with E-state index in [0.717, 1.165) is 18.4 Å². The average molecular weight is 187 g/mol. The molecule has 2 aliphatic carbocycles. The molecule has 3 rings (SSSR count). The van der Waals surface area contributed by atoms with Crippen LogP contribution in [-0.2, 0) is 4.74 Å². The predicted molar refractivity (Wildman–Crippen MR) is 48.3 cm³/mol. The van der Waals surface area contributed by atoms with Crippen LogP contribution in [0.25, 0.3) is 0 Å². The summed E-state index contributed by atoms with van der Waals surface area (Å²) in [5.74, 6) is 1.78. The molecule has 4 atom stereocenters. The van der Waals surface area contributed by atoms with Crippen molar-refractivity contribution in [3.63, 3.8) is 0 Å². The Hall–Kier alpha value is 0.250. The van der Waals surface area contributed by atoms with Crippen molar-refractivity contribution in [1.29, 1.82) is 0 Å². The van der Waals surface area contributed by atoms with Crippen molar-refractivity contribution in [2.75, 3.05) is 6.61 Å². The number of ether oxygens (including phenoxy) is 1. The van der Waals surface area contributed by atoms with Gasteiger partial charge in [0.15, 0.2) is 0 Å². The van der Waals surface area contributed by atoms with E-state index in [-0.39, 0.29) is 5.60 Å². The van der Waals surface area contributed by atoms with E-state index in [1.54, 1.807) is 0 Å². The van der Waals surface area contributed by atoms with Crippen LogP contribution in [0, 0.1) is 17.3 Å². The summed E-state index contributed by atoms with van der Waals surface area (Å²) in [5, 5.41) is 0.292. The van der Waals surface area contributed by atoms with Crippen LogP contribution >= 0.6 is 11.6 Å². The van der Waals surface area contributed by atoms with Crippen LogP contribution in [-0.4, -0.2) is 17.6 Å². The second kappa shape index (κ2) is 1.85. The average Bonchev–Trinajstić information content (AvgIpc) is 2.84. The zero-order valence-corrected chi connectivity index (χ0v) is 8.40. The molecule has 2 heteroatoms. The van der Waals surface area contributed by atoms with Gasteiger partial charge in [0.2, 0.25) is 0 Å². The third kappa shape index (κ3) is 0.748. The van der Waals surface area contributed by atoms with Crippen LogP contribution in [0.15, 0.2) is 0 Å². The molecule has 0 amide bonds. The van der Waals surface area contributed by atoms with Gasteiger partial charge in [0.1, 0.15) is 5.60 Å². The Labute approximate surface area is 78.4 Å². The third-order valence-electron chi connectivity index (χ3n) is 4.40. The van der Waals surface area contributed by atoms with Crippen LogP contribution in [0.3, 0.4) is 0 Å². The third-order valence-corrected chi connectivity index (χ3v) is 4.98. The van der Waals surface area contributed by atoms with Gasteiger partial charge in [-0.05, 0) is 30.1 Å². The molecular weight excluding hydrogens is 172 g/mol. The molecule has 0 aromatic heterocycles. The van der Waals surface area contributed by atoms with E-state index in [1.807, 2.05) is 0 Å². The first-order valence-corrected chi connectivity index (χ1v) is 5.28. The smallest absolute Gasteiger partial charge is 0.108 e. The molecule has 2 unspecified atom stereocenters. The van der Waals surface area contributed by atoms with E-state index in [9.17, 15) is 0 Å². The van der Waals surface area contributed by atoms with Crippen molar-refractivity contribution in [3.8, 4) is 0 Å². The summed E-state index contributed by atoms with van der Waals surface area (Å²) in [7, 11) is 0. The van der Waals surface area contributed by atoms with Crippen LogP contribution in [0.1, 0.15) is 26.7 Å². The van der Waals surface area contributed by atoms with Crippen molar-refractivity contribution in [1.82, 2.24) is 0 Å². The first kappa shape index (κ1) is 7.64. The zero-order chi connectivity index (χ0) is 8.56. The molecule has 1 nitrogen and oxygen atoms in total. The van der Waals surface area contributed by atoms with Crippen LogP contribution < -0.4 is 0 Å². The fourth-order valence-electron chi connectivity index (χ4n) is 3.06. The maximum absolute atomic E-state index is 6.29. The molecule has 1 aliphatic heterocycles. The first-order valence-electron chi connectivity index (χ1n) is 4.84. The lowest BCUT2D eigenvalue weighted by Gasteiger charge is -2.22. The highest BCUT2D eigenvalue weighted by molar-refractivity contribution is 6.21. The van der Waals surface area contributed by atoms with Gasteiger partial charge >= 0.3 is 0 Å². The molecule has 0 aromatic rings. The van der Waals surface area contributed by atoms with E-state index in [1.165, 1.54) is 12.8 Å². The Morgan fingerprint density at radius 3 is 2.58 bits per heavy atom. The molecular formula is C10H15ClO. The molecule has 0 N–H and O–H groups in total. The predicted octanol–water partition coefficient (Wildman–Crippen LogP) is 2.43. The summed E-state index contributed by atoms with van der Waals surface area (Å²) < 4.78 is 5.51. The van der Waals surface area contributed by atoms with Crippen LogP contribution in [0.2, 0.25) is 0 Å². The standard InChI is InChI=1S/C10H15ClO/c1-9(2)6-3-8(11)10(5-12-10)4-7(6)9/h6-8H,3-5H2,1-2H3/t6?,7?,8-,10-/m1/s1. The lowest BCUT2D eigenvalue weighted by atomic mass is 9.89. The zero-order valence-electron chi connectivity index (χ0n) is 7.64. The van der Waals surface area contributed by atoms with Gasteiger partial charge in [-0.2, -0.15) is 0 Å². The molecule has 0 bridgehead atoms. The second-order valence-electron chi connectivity index (χ2n) is 5.30. The topological polar surface area (TPSA) is 12.5 Å². The van der Waals surface area contributed by atoms with Gasteiger partial charge in [-0.1, -0.05) is 13.8 Å². The monoisotopic (exact) mass is 186 g/mol. The Kier molecular flexibility index (Phi) is 1.18. The fraction of sp³-hybridized carbons (Fsp3) is 1.00. The highest BCUT2D eigenvalue weighted by Crippen LogP contribution is 2.69. The number of epoxide rings is 1. The molecule has 1 heterocycles. The lowest BCUT2D eigenvalue weighted by Crippen LogP contribution is -2.30. The summed E-state index contributed by atoms with van der Waals surface area (Å²) in [6.45, 7) is 5.65. The van der Waals surface area contributed by atoms with Gasteiger partial charge < -0.3 is 4.74 Å². The molecule has 3 fully saturated rings. The maximum Gasteiger partial charge on any atom is 0.108 e. The Bertz CT molecular complexity index is 232. The molecule has 2 saturated carbocycles. The van der Waals surface area contributed by atoms with Gasteiger partial charge in [0.05, 0.1) is 12.0 Å². The quantitative estimate of drug-likeness (QED) is 0.418. The Morgan fingerprint density at radius 1 is 1.33 bits per heavy atom. The van der Waals surface area contributed by atoms with E-state index in [0.29, 0.717) is 10.8 Å². The summed E-state index contributed by atoms with van der Waals surface area (Å²) in [5.41, 5.74) is 0.680. The van der Waals surface area contributed by atoms with Gasteiger partial charge in [0, 0.05) is 0 Å². The SMILES string of the molecule is CC1(C)C2C[C@@H](Cl)[C@]3(CO3)CC21. The van der Waals surface area contributed by atoms with Crippen molar-refractivity contribution < 1.29 is 4.74 Å². The minimum Gasteiger partial charge on any atom is -0.368 e. The van der Waals surface area contributed by atoms with Crippen LogP contribution in [0.5, 0.6) is 0 Å². The summed E-state index contributed by atoms with van der Waals surface area (Å²) in [6.07, 6.45) is 2.40. The minimum atomic E-state index is 0.122. The van der Waals surface area contributed by atoms with Gasteiger partial charge in [-0.3, -0.25) is 0 Å². The number of alkyl halides is 1. The molecule has 0 aromatic carbocycles. The van der Waals surface area contributed by atoms with E-state index in [4.69, 9.17) is 16.3 Å². The normalized spacial score (nSPS) is 59.8. The van der Waals surface area contributed by atoms with Crippen molar-refractivity contribution >= 4 is 11.6 Å².